The molecule has 0 aliphatic carbocycles. The van der Waals surface area contributed by atoms with Gasteiger partial charge < -0.3 is 19.1 Å². The molecule has 0 spiro atoms. The first-order chi connectivity index (χ1) is 17.1. The Morgan fingerprint density at radius 3 is 1.72 bits per heavy atom. The molecule has 3 aromatic carbocycles. The maximum atomic E-state index is 12.3. The van der Waals surface area contributed by atoms with Crippen molar-refractivity contribution < 1.29 is 19.0 Å². The second-order valence-corrected chi connectivity index (χ2v) is 10.1. The highest BCUT2D eigenvalue weighted by Crippen LogP contribution is 2.36. The zero-order valence-corrected chi connectivity index (χ0v) is 22.6. The van der Waals surface area contributed by atoms with Crippen molar-refractivity contribution in [2.45, 2.75) is 20.8 Å². The first-order valence-electron chi connectivity index (χ1n) is 11.8. The fourth-order valence-corrected chi connectivity index (χ4v) is 3.66. The van der Waals surface area contributed by atoms with Crippen molar-refractivity contribution in [2.75, 3.05) is 34.4 Å². The lowest BCUT2D eigenvalue weighted by Gasteiger charge is -2.17. The summed E-state index contributed by atoms with van der Waals surface area (Å²) in [6.07, 6.45) is 0. The highest BCUT2D eigenvalue weighted by Gasteiger charge is 2.23. The van der Waals surface area contributed by atoms with Crippen LogP contribution < -0.4 is 14.2 Å². The average Bonchev–Trinajstić information content (AvgIpc) is 2.85. The molecular formula is C30H34ClNO4. The van der Waals surface area contributed by atoms with Crippen molar-refractivity contribution in [3.8, 4) is 17.2 Å². The van der Waals surface area contributed by atoms with Gasteiger partial charge in [0.1, 0.15) is 23.9 Å². The monoisotopic (exact) mass is 507 g/mol. The van der Waals surface area contributed by atoms with Crippen LogP contribution in [0.4, 0.5) is 0 Å². The maximum absolute atomic E-state index is 12.3. The molecule has 3 aromatic rings. The molecule has 36 heavy (non-hydrogen) atoms. The van der Waals surface area contributed by atoms with Crippen LogP contribution in [0.5, 0.6) is 17.2 Å². The molecule has 0 amide bonds. The Kier molecular flexibility index (Phi) is 9.19. The molecule has 0 N–H and O–H groups in total. The standard InChI is InChI=1S/C30H34ClNO4/c1-30(2,3)29(33)36-26-17-9-22(10-18-26)27(28(31)23-11-13-24(34-6)14-12-23)21-7-15-25(16-8-21)35-20-19-32(4)5/h7-18H,19-20H2,1-6H3/b28-27-. The number of nitrogens with zero attached hydrogens (tertiary/aromatic N) is 1. The van der Waals surface area contributed by atoms with E-state index < -0.39 is 5.41 Å². The lowest BCUT2D eigenvalue weighted by atomic mass is 9.95. The van der Waals surface area contributed by atoms with Gasteiger partial charge in [0.2, 0.25) is 0 Å². The zero-order chi connectivity index (χ0) is 26.3. The van der Waals surface area contributed by atoms with Crippen LogP contribution in [0, 0.1) is 5.41 Å². The van der Waals surface area contributed by atoms with Gasteiger partial charge in [-0.3, -0.25) is 4.79 Å². The number of carbonyl (C=O) groups excluding carboxylic acids is 1. The van der Waals surface area contributed by atoms with E-state index in [1.165, 1.54) is 0 Å². The summed E-state index contributed by atoms with van der Waals surface area (Å²) in [6, 6.07) is 22.9. The molecule has 0 atom stereocenters. The Balaban J connectivity index is 1.97. The van der Waals surface area contributed by atoms with Crippen molar-refractivity contribution in [3.05, 3.63) is 89.5 Å². The number of hydrogen-bond donors (Lipinski definition) is 0. The van der Waals surface area contributed by atoms with E-state index in [4.69, 9.17) is 25.8 Å². The van der Waals surface area contributed by atoms with E-state index in [1.54, 1.807) is 19.2 Å². The van der Waals surface area contributed by atoms with E-state index in [1.807, 2.05) is 95.5 Å². The van der Waals surface area contributed by atoms with Gasteiger partial charge in [0.15, 0.2) is 0 Å². The number of esters is 1. The molecule has 0 heterocycles. The second-order valence-electron chi connectivity index (χ2n) is 9.76. The summed E-state index contributed by atoms with van der Waals surface area (Å²) >= 11 is 7.00. The molecule has 3 rings (SSSR count). The Labute approximate surface area is 219 Å². The van der Waals surface area contributed by atoms with Gasteiger partial charge in [-0.05, 0) is 100 Å². The lowest BCUT2D eigenvalue weighted by Crippen LogP contribution is -2.25. The van der Waals surface area contributed by atoms with E-state index in [0.29, 0.717) is 17.4 Å². The predicted octanol–water partition coefficient (Wildman–Crippen LogP) is 6.74. The number of carbonyl (C=O) groups is 1. The highest BCUT2D eigenvalue weighted by atomic mass is 35.5. The number of likely N-dealkylation sites (N-methyl/N-ethyl adjacent to an activating group) is 1. The van der Waals surface area contributed by atoms with Crippen LogP contribution in [-0.4, -0.2) is 45.2 Å². The molecule has 5 nitrogen and oxygen atoms in total. The summed E-state index contributed by atoms with van der Waals surface area (Å²) in [6.45, 7) is 6.92. The summed E-state index contributed by atoms with van der Waals surface area (Å²) in [5, 5.41) is 0.596. The minimum Gasteiger partial charge on any atom is -0.497 e. The quantitative estimate of drug-likeness (QED) is 0.182. The number of ether oxygens (including phenoxy) is 3. The van der Waals surface area contributed by atoms with Crippen LogP contribution in [0.1, 0.15) is 37.5 Å². The molecule has 6 heteroatoms. The fraction of sp³-hybridized carbons (Fsp3) is 0.300. The summed E-state index contributed by atoms with van der Waals surface area (Å²) < 4.78 is 16.7. The topological polar surface area (TPSA) is 48.0 Å². The molecule has 0 radical (unpaired) electrons. The van der Waals surface area contributed by atoms with Gasteiger partial charge in [0.05, 0.1) is 17.6 Å². The molecule has 0 aliphatic heterocycles. The van der Waals surface area contributed by atoms with E-state index in [9.17, 15) is 4.79 Å². The third-order valence-corrected chi connectivity index (χ3v) is 5.89. The number of hydrogen-bond acceptors (Lipinski definition) is 5. The number of halogens is 1. The van der Waals surface area contributed by atoms with Crippen molar-refractivity contribution in [1.82, 2.24) is 4.90 Å². The minimum atomic E-state index is -0.586. The Morgan fingerprint density at radius 2 is 1.25 bits per heavy atom. The largest absolute Gasteiger partial charge is 0.497 e. The Hall–Kier alpha value is -3.28. The molecule has 0 unspecified atom stereocenters. The second kappa shape index (κ2) is 12.1. The minimum absolute atomic E-state index is 0.285. The van der Waals surface area contributed by atoms with E-state index in [0.717, 1.165) is 40.3 Å². The smallest absolute Gasteiger partial charge is 0.316 e. The van der Waals surface area contributed by atoms with Gasteiger partial charge in [-0.2, -0.15) is 0 Å². The predicted molar refractivity (Wildman–Crippen MR) is 147 cm³/mol. The molecule has 0 bridgehead atoms. The Morgan fingerprint density at radius 1 is 0.778 bits per heavy atom. The molecule has 0 aliphatic rings. The fourth-order valence-electron chi connectivity index (χ4n) is 3.32. The summed E-state index contributed by atoms with van der Waals surface area (Å²) in [5.74, 6) is 1.76. The van der Waals surface area contributed by atoms with Crippen molar-refractivity contribution in [3.63, 3.8) is 0 Å². The molecule has 0 aromatic heterocycles. The molecule has 0 saturated carbocycles. The normalized spacial score (nSPS) is 12.2. The molecule has 190 valence electrons. The van der Waals surface area contributed by atoms with Crippen molar-refractivity contribution >= 4 is 28.2 Å². The van der Waals surface area contributed by atoms with E-state index in [2.05, 4.69) is 4.90 Å². The van der Waals surface area contributed by atoms with Crippen LogP contribution in [-0.2, 0) is 4.79 Å². The molecular weight excluding hydrogens is 474 g/mol. The average molecular weight is 508 g/mol. The van der Waals surface area contributed by atoms with Crippen molar-refractivity contribution in [2.24, 2.45) is 5.41 Å². The van der Waals surface area contributed by atoms with Crippen molar-refractivity contribution in [1.29, 1.82) is 0 Å². The van der Waals surface area contributed by atoms with Gasteiger partial charge >= 0.3 is 5.97 Å². The van der Waals surface area contributed by atoms with Crippen LogP contribution in [0.15, 0.2) is 72.8 Å². The number of methoxy groups -OCH3 is 1. The number of rotatable bonds is 9. The maximum Gasteiger partial charge on any atom is 0.316 e. The molecule has 0 fully saturated rings. The SMILES string of the molecule is COc1ccc(/C(Cl)=C(\c2ccc(OCCN(C)C)cc2)c2ccc(OC(=O)C(C)(C)C)cc2)cc1. The third-order valence-electron chi connectivity index (χ3n) is 5.48. The summed E-state index contributed by atoms with van der Waals surface area (Å²) in [5.41, 5.74) is 2.97. The summed E-state index contributed by atoms with van der Waals surface area (Å²) in [7, 11) is 5.66. The van der Waals surface area contributed by atoms with Gasteiger partial charge in [-0.25, -0.2) is 0 Å². The van der Waals surface area contributed by atoms with Crippen LogP contribution in [0.3, 0.4) is 0 Å². The summed E-state index contributed by atoms with van der Waals surface area (Å²) in [4.78, 5) is 14.4. The van der Waals surface area contributed by atoms with Gasteiger partial charge in [0, 0.05) is 12.1 Å². The van der Waals surface area contributed by atoms with Crippen LogP contribution in [0.25, 0.3) is 10.6 Å². The zero-order valence-electron chi connectivity index (χ0n) is 21.8. The van der Waals surface area contributed by atoms with E-state index in [-0.39, 0.29) is 5.97 Å². The van der Waals surface area contributed by atoms with Gasteiger partial charge in [-0.15, -0.1) is 0 Å². The van der Waals surface area contributed by atoms with Gasteiger partial charge in [0.25, 0.3) is 0 Å². The van der Waals surface area contributed by atoms with E-state index >= 15 is 0 Å². The van der Waals surface area contributed by atoms with Crippen LogP contribution >= 0.6 is 11.6 Å². The third kappa shape index (κ3) is 7.36. The molecule has 0 saturated heterocycles. The lowest BCUT2D eigenvalue weighted by molar-refractivity contribution is -0.142. The highest BCUT2D eigenvalue weighted by molar-refractivity contribution is 6.53. The first kappa shape index (κ1) is 27.3. The number of benzene rings is 3. The first-order valence-corrected chi connectivity index (χ1v) is 12.2. The Bertz CT molecular complexity index is 1180. The van der Waals surface area contributed by atoms with Gasteiger partial charge in [-0.1, -0.05) is 35.9 Å². The van der Waals surface area contributed by atoms with Crippen LogP contribution in [0.2, 0.25) is 0 Å².